The lowest BCUT2D eigenvalue weighted by Gasteiger charge is -2.40. The molecule has 8 heteroatoms. The van der Waals surface area contributed by atoms with Gasteiger partial charge in [0, 0.05) is 58.1 Å². The van der Waals surface area contributed by atoms with Crippen LogP contribution in [0, 0.1) is 6.92 Å². The maximum absolute atomic E-state index is 13.4. The van der Waals surface area contributed by atoms with Gasteiger partial charge in [0.1, 0.15) is 10.6 Å². The van der Waals surface area contributed by atoms with Crippen LogP contribution >= 0.6 is 0 Å². The molecule has 0 spiro atoms. The van der Waals surface area contributed by atoms with E-state index in [0.717, 1.165) is 39.0 Å². The minimum Gasteiger partial charge on any atom is -0.343 e. The van der Waals surface area contributed by atoms with Gasteiger partial charge in [-0.2, -0.15) is 4.31 Å². The second-order valence-electron chi connectivity index (χ2n) is 8.77. The van der Waals surface area contributed by atoms with E-state index in [1.165, 1.54) is 32.1 Å². The van der Waals surface area contributed by atoms with Crippen molar-refractivity contribution in [2.75, 3.05) is 39.3 Å². The van der Waals surface area contributed by atoms with Crippen LogP contribution < -0.4 is 0 Å². The van der Waals surface area contributed by atoms with Crippen LogP contribution in [0.3, 0.4) is 0 Å². The third kappa shape index (κ3) is 3.99. The van der Waals surface area contributed by atoms with E-state index < -0.39 is 10.0 Å². The van der Waals surface area contributed by atoms with Gasteiger partial charge in [-0.25, -0.2) is 8.42 Å². The van der Waals surface area contributed by atoms with Crippen LogP contribution in [0.5, 0.6) is 0 Å². The molecule has 1 amide bonds. The summed E-state index contributed by atoms with van der Waals surface area (Å²) >= 11 is 0. The summed E-state index contributed by atoms with van der Waals surface area (Å²) in [6, 6.07) is 2.22. The zero-order chi connectivity index (χ0) is 20.6. The van der Waals surface area contributed by atoms with Crippen LogP contribution in [0.4, 0.5) is 0 Å². The molecule has 2 aliphatic heterocycles. The minimum absolute atomic E-state index is 0.0586. The number of likely N-dealkylation sites (tertiary alicyclic amines) is 1. The van der Waals surface area contributed by atoms with Gasteiger partial charge in [-0.1, -0.05) is 19.3 Å². The number of carbonyl (C=O) groups is 1. The molecule has 3 fully saturated rings. The summed E-state index contributed by atoms with van der Waals surface area (Å²) in [7, 11) is -1.80. The third-order valence-corrected chi connectivity index (χ3v) is 9.10. The first-order valence-corrected chi connectivity index (χ1v) is 12.5. The molecule has 29 heavy (non-hydrogen) atoms. The average molecular weight is 423 g/mol. The molecule has 2 saturated heterocycles. The number of aromatic nitrogens is 1. The lowest BCUT2D eigenvalue weighted by atomic mass is 9.94. The Morgan fingerprint density at radius 3 is 2.17 bits per heavy atom. The summed E-state index contributed by atoms with van der Waals surface area (Å²) in [5, 5.41) is 0. The van der Waals surface area contributed by atoms with E-state index in [-0.39, 0.29) is 10.8 Å². The Bertz CT molecular complexity index is 844. The van der Waals surface area contributed by atoms with Crippen molar-refractivity contribution in [1.29, 1.82) is 0 Å². The predicted molar refractivity (Wildman–Crippen MR) is 112 cm³/mol. The number of amides is 1. The van der Waals surface area contributed by atoms with Crippen molar-refractivity contribution in [2.24, 2.45) is 7.05 Å². The SMILES string of the molecule is Cc1c(S(=O)(=O)N2CCN(C3CCCCC3)CC2)cc(C(=O)N2CCCC2)n1C. The number of hydrogen-bond acceptors (Lipinski definition) is 4. The summed E-state index contributed by atoms with van der Waals surface area (Å²) < 4.78 is 30.1. The summed E-state index contributed by atoms with van der Waals surface area (Å²) in [6.45, 7) is 5.98. The van der Waals surface area contributed by atoms with Crippen LogP contribution in [-0.4, -0.2) is 78.3 Å². The molecular formula is C21H34N4O3S. The second-order valence-corrected chi connectivity index (χ2v) is 10.7. The fraction of sp³-hybridized carbons (Fsp3) is 0.762. The molecule has 0 N–H and O–H groups in total. The Morgan fingerprint density at radius 1 is 0.931 bits per heavy atom. The van der Waals surface area contributed by atoms with Gasteiger partial charge in [0.2, 0.25) is 10.0 Å². The van der Waals surface area contributed by atoms with E-state index in [0.29, 0.717) is 30.5 Å². The normalized spacial score (nSPS) is 23.0. The Morgan fingerprint density at radius 2 is 1.55 bits per heavy atom. The first kappa shape index (κ1) is 20.9. The van der Waals surface area contributed by atoms with Crippen LogP contribution in [0.25, 0.3) is 0 Å². The van der Waals surface area contributed by atoms with Crippen LogP contribution in [0.2, 0.25) is 0 Å². The van der Waals surface area contributed by atoms with Crippen molar-refractivity contribution >= 4 is 15.9 Å². The lowest BCUT2D eigenvalue weighted by molar-refractivity contribution is 0.0783. The van der Waals surface area contributed by atoms with E-state index in [2.05, 4.69) is 4.90 Å². The van der Waals surface area contributed by atoms with E-state index in [4.69, 9.17) is 0 Å². The van der Waals surface area contributed by atoms with Gasteiger partial charge < -0.3 is 9.47 Å². The molecule has 3 heterocycles. The molecular weight excluding hydrogens is 388 g/mol. The van der Waals surface area contributed by atoms with Gasteiger partial charge in [-0.05, 0) is 38.7 Å². The fourth-order valence-electron chi connectivity index (χ4n) is 5.11. The zero-order valence-corrected chi connectivity index (χ0v) is 18.6. The van der Waals surface area contributed by atoms with Crippen molar-refractivity contribution < 1.29 is 13.2 Å². The van der Waals surface area contributed by atoms with Gasteiger partial charge in [0.05, 0.1) is 0 Å². The van der Waals surface area contributed by atoms with Gasteiger partial charge in [-0.15, -0.1) is 0 Å². The number of sulfonamides is 1. The molecule has 7 nitrogen and oxygen atoms in total. The van der Waals surface area contributed by atoms with Gasteiger partial charge >= 0.3 is 0 Å². The van der Waals surface area contributed by atoms with Crippen molar-refractivity contribution in [1.82, 2.24) is 18.7 Å². The molecule has 3 aliphatic rings. The largest absolute Gasteiger partial charge is 0.343 e. The topological polar surface area (TPSA) is 65.9 Å². The molecule has 1 aromatic heterocycles. The maximum Gasteiger partial charge on any atom is 0.270 e. The first-order chi connectivity index (χ1) is 13.9. The summed E-state index contributed by atoms with van der Waals surface area (Å²) in [5.41, 5.74) is 1.12. The molecule has 0 bridgehead atoms. The molecule has 4 rings (SSSR count). The molecule has 162 valence electrons. The molecule has 1 aromatic rings. The maximum atomic E-state index is 13.4. The fourth-order valence-corrected chi connectivity index (χ4v) is 6.81. The van der Waals surface area contributed by atoms with Crippen LogP contribution in [0.15, 0.2) is 11.0 Å². The standard InChI is InChI=1S/C21H34N4O3S/c1-17-20(16-19(22(17)2)21(26)24-10-6-7-11-24)29(27,28)25-14-12-23(13-15-25)18-8-4-3-5-9-18/h16,18H,3-15H2,1-2H3. The van der Waals surface area contributed by atoms with Gasteiger partial charge in [0.15, 0.2) is 0 Å². The molecule has 1 saturated carbocycles. The van der Waals surface area contributed by atoms with Crippen molar-refractivity contribution in [3.05, 3.63) is 17.5 Å². The Hall–Kier alpha value is -1.38. The van der Waals surface area contributed by atoms with E-state index in [1.54, 1.807) is 28.9 Å². The quantitative estimate of drug-likeness (QED) is 0.746. The van der Waals surface area contributed by atoms with E-state index in [1.807, 2.05) is 4.90 Å². The van der Waals surface area contributed by atoms with Crippen LogP contribution in [-0.2, 0) is 17.1 Å². The first-order valence-electron chi connectivity index (χ1n) is 11.1. The second kappa shape index (κ2) is 8.40. The zero-order valence-electron chi connectivity index (χ0n) is 17.8. The van der Waals surface area contributed by atoms with Crippen molar-refractivity contribution in [3.63, 3.8) is 0 Å². The molecule has 1 aliphatic carbocycles. The number of rotatable bonds is 4. The molecule has 0 unspecified atom stereocenters. The minimum atomic E-state index is -3.59. The molecule has 0 aromatic carbocycles. The van der Waals surface area contributed by atoms with Gasteiger partial charge in [0.25, 0.3) is 5.91 Å². The number of hydrogen-bond donors (Lipinski definition) is 0. The third-order valence-electron chi connectivity index (χ3n) is 7.08. The Kier molecular flexibility index (Phi) is 6.04. The average Bonchev–Trinajstić information content (AvgIpc) is 3.38. The van der Waals surface area contributed by atoms with E-state index >= 15 is 0 Å². The lowest BCUT2D eigenvalue weighted by Crippen LogP contribution is -2.52. The van der Waals surface area contributed by atoms with Crippen molar-refractivity contribution in [2.45, 2.75) is 62.8 Å². The van der Waals surface area contributed by atoms with Gasteiger partial charge in [-0.3, -0.25) is 9.69 Å². The number of nitrogens with zero attached hydrogens (tertiary/aromatic N) is 4. The molecule has 0 atom stereocenters. The van der Waals surface area contributed by atoms with E-state index in [9.17, 15) is 13.2 Å². The Balaban J connectivity index is 1.49. The smallest absolute Gasteiger partial charge is 0.270 e. The number of carbonyl (C=O) groups excluding carboxylic acids is 1. The summed E-state index contributed by atoms with van der Waals surface area (Å²) in [6.07, 6.45) is 8.44. The monoisotopic (exact) mass is 422 g/mol. The highest BCUT2D eigenvalue weighted by molar-refractivity contribution is 7.89. The predicted octanol–water partition coefficient (Wildman–Crippen LogP) is 2.21. The summed E-state index contributed by atoms with van der Waals surface area (Å²) in [4.78, 5) is 17.4. The summed E-state index contributed by atoms with van der Waals surface area (Å²) in [5.74, 6) is -0.0586. The van der Waals surface area contributed by atoms with Crippen LogP contribution in [0.1, 0.15) is 61.1 Å². The van der Waals surface area contributed by atoms with Crippen molar-refractivity contribution in [3.8, 4) is 0 Å². The number of piperazine rings is 1. The highest BCUT2D eigenvalue weighted by atomic mass is 32.2. The molecule has 0 radical (unpaired) electrons. The highest BCUT2D eigenvalue weighted by Crippen LogP contribution is 2.28. The highest BCUT2D eigenvalue weighted by Gasteiger charge is 2.34. The Labute approximate surface area is 174 Å².